The van der Waals surface area contributed by atoms with Gasteiger partial charge in [-0.2, -0.15) is 0 Å². The van der Waals surface area contributed by atoms with Crippen LogP contribution >= 0.6 is 0 Å². The maximum Gasteiger partial charge on any atom is 0.317 e. The molecule has 2 aliphatic rings. The third-order valence-electron chi connectivity index (χ3n) is 4.32. The van der Waals surface area contributed by atoms with E-state index in [1.807, 2.05) is 0 Å². The Labute approximate surface area is 115 Å². The molecular weight excluding hydrogens is 264 g/mol. The van der Waals surface area contributed by atoms with E-state index >= 15 is 0 Å². The van der Waals surface area contributed by atoms with Crippen LogP contribution < -0.4 is 5.32 Å². The summed E-state index contributed by atoms with van der Waals surface area (Å²) in [5.74, 6) is 0.923. The van der Waals surface area contributed by atoms with Gasteiger partial charge in [0.05, 0.1) is 11.5 Å². The van der Waals surface area contributed by atoms with Gasteiger partial charge >= 0.3 is 6.03 Å². The minimum absolute atomic E-state index is 0.0864. The predicted molar refractivity (Wildman–Crippen MR) is 74.8 cm³/mol. The van der Waals surface area contributed by atoms with Crippen LogP contribution in [0, 0.1) is 5.92 Å². The van der Waals surface area contributed by atoms with E-state index < -0.39 is 9.84 Å². The minimum Gasteiger partial charge on any atom is -0.335 e. The average Bonchev–Trinajstić information content (AvgIpc) is 2.38. The fraction of sp³-hybridized carbons (Fsp3) is 0.923. The average molecular weight is 288 g/mol. The zero-order valence-corrected chi connectivity index (χ0v) is 12.4. The Hall–Kier alpha value is -0.780. The van der Waals surface area contributed by atoms with Crippen LogP contribution in [0.3, 0.4) is 0 Å². The van der Waals surface area contributed by atoms with E-state index in [1.165, 1.54) is 19.3 Å². The summed E-state index contributed by atoms with van der Waals surface area (Å²) in [6.45, 7) is 2.86. The SMILES string of the molecule is CC[C@H]1CCC[C@@H](NC(=O)N2CCS(=O)(=O)CC2)C1. The third kappa shape index (κ3) is 4.09. The normalized spacial score (nSPS) is 30.9. The number of carbonyl (C=O) groups is 1. The number of urea groups is 1. The van der Waals surface area contributed by atoms with Crippen LogP contribution in [0.2, 0.25) is 0 Å². The van der Waals surface area contributed by atoms with Crippen molar-refractivity contribution < 1.29 is 13.2 Å². The molecule has 5 nitrogen and oxygen atoms in total. The topological polar surface area (TPSA) is 66.5 Å². The molecule has 1 aliphatic heterocycles. The maximum absolute atomic E-state index is 12.1. The fourth-order valence-corrected chi connectivity index (χ4v) is 4.18. The number of rotatable bonds is 2. The van der Waals surface area contributed by atoms with Gasteiger partial charge in [-0.1, -0.05) is 26.2 Å². The lowest BCUT2D eigenvalue weighted by molar-refractivity contribution is 0.189. The van der Waals surface area contributed by atoms with Crippen LogP contribution in [-0.4, -0.2) is 50.0 Å². The Morgan fingerprint density at radius 1 is 1.26 bits per heavy atom. The molecule has 1 N–H and O–H groups in total. The number of carbonyl (C=O) groups excluding carboxylic acids is 1. The standard InChI is InChI=1S/C13H24N2O3S/c1-2-11-4-3-5-12(10-11)14-13(16)15-6-8-19(17,18)9-7-15/h11-12H,2-10H2,1H3,(H,14,16)/t11-,12+/m0/s1. The molecule has 2 atom stereocenters. The lowest BCUT2D eigenvalue weighted by Gasteiger charge is -2.33. The second-order valence-electron chi connectivity index (χ2n) is 5.73. The largest absolute Gasteiger partial charge is 0.335 e. The molecule has 2 fully saturated rings. The van der Waals surface area contributed by atoms with Crippen LogP contribution in [0.4, 0.5) is 4.79 Å². The van der Waals surface area contributed by atoms with E-state index in [1.54, 1.807) is 4.90 Å². The van der Waals surface area contributed by atoms with E-state index in [9.17, 15) is 13.2 Å². The van der Waals surface area contributed by atoms with Crippen molar-refractivity contribution in [2.24, 2.45) is 5.92 Å². The fourth-order valence-electron chi connectivity index (χ4n) is 2.97. The van der Waals surface area contributed by atoms with Crippen molar-refractivity contribution in [2.75, 3.05) is 24.6 Å². The Morgan fingerprint density at radius 3 is 2.58 bits per heavy atom. The number of sulfone groups is 1. The van der Waals surface area contributed by atoms with Gasteiger partial charge in [0, 0.05) is 19.1 Å². The Balaban J connectivity index is 1.81. The first-order valence-electron chi connectivity index (χ1n) is 7.26. The van der Waals surface area contributed by atoms with Gasteiger partial charge < -0.3 is 10.2 Å². The van der Waals surface area contributed by atoms with Crippen molar-refractivity contribution in [3.63, 3.8) is 0 Å². The molecule has 6 heteroatoms. The molecule has 0 aromatic heterocycles. The molecular formula is C13H24N2O3S. The van der Waals surface area contributed by atoms with Crippen molar-refractivity contribution in [1.82, 2.24) is 10.2 Å². The molecule has 19 heavy (non-hydrogen) atoms. The Kier molecular flexibility index (Phi) is 4.71. The molecule has 0 radical (unpaired) electrons. The van der Waals surface area contributed by atoms with Crippen LogP contribution in [0.5, 0.6) is 0 Å². The van der Waals surface area contributed by atoms with Crippen molar-refractivity contribution in [2.45, 2.75) is 45.1 Å². The number of amides is 2. The Bertz CT molecular complexity index is 408. The van der Waals surface area contributed by atoms with Crippen LogP contribution in [0.15, 0.2) is 0 Å². The molecule has 2 rings (SSSR count). The third-order valence-corrected chi connectivity index (χ3v) is 5.93. The summed E-state index contributed by atoms with van der Waals surface area (Å²) in [6.07, 6.45) is 5.74. The first-order valence-corrected chi connectivity index (χ1v) is 9.08. The second-order valence-corrected chi connectivity index (χ2v) is 8.03. The Morgan fingerprint density at radius 2 is 1.95 bits per heavy atom. The highest BCUT2D eigenvalue weighted by Gasteiger charge is 2.28. The minimum atomic E-state index is -2.92. The van der Waals surface area contributed by atoms with E-state index in [-0.39, 0.29) is 23.6 Å². The lowest BCUT2D eigenvalue weighted by atomic mass is 9.84. The summed E-state index contributed by atoms with van der Waals surface area (Å²) in [5.41, 5.74) is 0. The smallest absolute Gasteiger partial charge is 0.317 e. The molecule has 110 valence electrons. The van der Waals surface area contributed by atoms with Crippen molar-refractivity contribution in [3.8, 4) is 0 Å². The molecule has 0 aromatic rings. The molecule has 0 bridgehead atoms. The van der Waals surface area contributed by atoms with Gasteiger partial charge in [0.2, 0.25) is 0 Å². The summed E-state index contributed by atoms with van der Waals surface area (Å²) < 4.78 is 22.7. The van der Waals surface area contributed by atoms with E-state index in [0.717, 1.165) is 18.8 Å². The highest BCUT2D eigenvalue weighted by molar-refractivity contribution is 7.91. The quantitative estimate of drug-likeness (QED) is 0.835. The second kappa shape index (κ2) is 6.11. The number of hydrogen-bond acceptors (Lipinski definition) is 3. The maximum atomic E-state index is 12.1. The lowest BCUT2D eigenvalue weighted by Crippen LogP contribution is -2.51. The van der Waals surface area contributed by atoms with Crippen LogP contribution in [0.1, 0.15) is 39.0 Å². The summed E-state index contributed by atoms with van der Waals surface area (Å²) in [7, 11) is -2.92. The first-order chi connectivity index (χ1) is 9.00. The number of hydrogen-bond donors (Lipinski definition) is 1. The van der Waals surface area contributed by atoms with Gasteiger partial charge in [0.25, 0.3) is 0 Å². The zero-order valence-electron chi connectivity index (χ0n) is 11.6. The van der Waals surface area contributed by atoms with E-state index in [2.05, 4.69) is 12.2 Å². The summed E-state index contributed by atoms with van der Waals surface area (Å²) in [4.78, 5) is 13.7. The van der Waals surface area contributed by atoms with Crippen LogP contribution in [-0.2, 0) is 9.84 Å². The van der Waals surface area contributed by atoms with E-state index in [0.29, 0.717) is 13.1 Å². The van der Waals surface area contributed by atoms with Gasteiger partial charge in [0.15, 0.2) is 9.84 Å². The zero-order chi connectivity index (χ0) is 13.9. The number of nitrogens with zero attached hydrogens (tertiary/aromatic N) is 1. The van der Waals surface area contributed by atoms with Crippen LogP contribution in [0.25, 0.3) is 0 Å². The summed E-state index contributed by atoms with van der Waals surface area (Å²) in [5, 5.41) is 3.07. The van der Waals surface area contributed by atoms with Crippen molar-refractivity contribution in [1.29, 1.82) is 0 Å². The highest BCUT2D eigenvalue weighted by atomic mass is 32.2. The summed E-state index contributed by atoms with van der Waals surface area (Å²) >= 11 is 0. The van der Waals surface area contributed by atoms with Crippen molar-refractivity contribution in [3.05, 3.63) is 0 Å². The molecule has 1 saturated heterocycles. The molecule has 0 unspecified atom stereocenters. The molecule has 2 amide bonds. The van der Waals surface area contributed by atoms with Gasteiger partial charge in [-0.3, -0.25) is 0 Å². The van der Waals surface area contributed by atoms with Crippen molar-refractivity contribution >= 4 is 15.9 Å². The molecule has 0 spiro atoms. The van der Waals surface area contributed by atoms with E-state index in [4.69, 9.17) is 0 Å². The predicted octanol–water partition coefficient (Wildman–Crippen LogP) is 1.40. The van der Waals surface area contributed by atoms with Gasteiger partial charge in [-0.05, 0) is 18.8 Å². The highest BCUT2D eigenvalue weighted by Crippen LogP contribution is 2.26. The van der Waals surface area contributed by atoms with Gasteiger partial charge in [-0.25, -0.2) is 13.2 Å². The molecule has 0 aromatic carbocycles. The van der Waals surface area contributed by atoms with Gasteiger partial charge in [-0.15, -0.1) is 0 Å². The first kappa shape index (κ1) is 14.6. The number of nitrogens with one attached hydrogen (secondary N) is 1. The van der Waals surface area contributed by atoms with Gasteiger partial charge in [0.1, 0.15) is 0 Å². The molecule has 1 aliphatic carbocycles. The summed E-state index contributed by atoms with van der Waals surface area (Å²) in [6, 6.07) is 0.182. The molecule has 1 saturated carbocycles. The molecule has 1 heterocycles. The monoisotopic (exact) mass is 288 g/mol.